The number of allylic oxidation sites excluding steroid dienone is 1. The molecule has 0 heterocycles. The summed E-state index contributed by atoms with van der Waals surface area (Å²) < 4.78 is 0. The molecular formula is C17H20. The molecule has 0 aliphatic carbocycles. The van der Waals surface area contributed by atoms with Crippen LogP contribution in [0.5, 0.6) is 0 Å². The summed E-state index contributed by atoms with van der Waals surface area (Å²) in [6.07, 6.45) is 4.12. The van der Waals surface area contributed by atoms with E-state index < -0.39 is 0 Å². The maximum absolute atomic E-state index is 2.12. The van der Waals surface area contributed by atoms with E-state index in [1.54, 1.807) is 0 Å². The van der Waals surface area contributed by atoms with E-state index in [1.165, 1.54) is 16.7 Å². The molecule has 17 heavy (non-hydrogen) atoms. The Hall–Kier alpha value is -1.82. The summed E-state index contributed by atoms with van der Waals surface area (Å²) in [5.74, 6) is 0. The zero-order chi connectivity index (χ0) is 12.5. The fourth-order valence-corrected chi connectivity index (χ4v) is 1.39. The van der Waals surface area contributed by atoms with Gasteiger partial charge in [-0.25, -0.2) is 0 Å². The lowest BCUT2D eigenvalue weighted by Gasteiger charge is -1.90. The first-order valence-electron chi connectivity index (χ1n) is 5.93. The molecule has 0 aliphatic rings. The molecule has 2 rings (SSSR count). The van der Waals surface area contributed by atoms with Crippen LogP contribution in [0.25, 0.3) is 6.08 Å². The van der Waals surface area contributed by atoms with Crippen LogP contribution in [0.1, 0.15) is 23.6 Å². The summed E-state index contributed by atoms with van der Waals surface area (Å²) in [4.78, 5) is 0. The second-order valence-electron chi connectivity index (χ2n) is 4.07. The summed E-state index contributed by atoms with van der Waals surface area (Å²) in [6, 6.07) is 18.7. The summed E-state index contributed by atoms with van der Waals surface area (Å²) in [7, 11) is 0. The molecule has 0 radical (unpaired) electrons. The molecule has 88 valence electrons. The largest absolute Gasteiger partial charge is 0.0871 e. The first-order chi connectivity index (χ1) is 8.22. The van der Waals surface area contributed by atoms with Gasteiger partial charge >= 0.3 is 0 Å². The fraction of sp³-hybridized carbons (Fsp3) is 0.176. The molecule has 0 N–H and O–H groups in total. The summed E-state index contributed by atoms with van der Waals surface area (Å²) in [5.41, 5.74) is 3.92. The van der Waals surface area contributed by atoms with Crippen molar-refractivity contribution < 1.29 is 0 Å². The predicted molar refractivity (Wildman–Crippen MR) is 77.1 cm³/mol. The van der Waals surface area contributed by atoms with E-state index in [9.17, 15) is 0 Å². The van der Waals surface area contributed by atoms with Gasteiger partial charge in [0.15, 0.2) is 0 Å². The molecule has 0 aromatic heterocycles. The number of aryl methyl sites for hydroxylation is 2. The highest BCUT2D eigenvalue weighted by Gasteiger charge is 1.80. The number of benzene rings is 2. The van der Waals surface area contributed by atoms with Crippen molar-refractivity contribution in [3.05, 3.63) is 77.4 Å². The predicted octanol–water partition coefficient (Wildman–Crippen LogP) is 5.02. The van der Waals surface area contributed by atoms with E-state index in [-0.39, 0.29) is 0 Å². The Morgan fingerprint density at radius 1 is 0.706 bits per heavy atom. The van der Waals surface area contributed by atoms with Gasteiger partial charge in [0.25, 0.3) is 0 Å². The Bertz CT molecular complexity index is 414. The number of hydrogen-bond acceptors (Lipinski definition) is 0. The van der Waals surface area contributed by atoms with E-state index in [4.69, 9.17) is 0 Å². The fourth-order valence-electron chi connectivity index (χ4n) is 1.39. The molecule has 0 spiro atoms. The smallest absolute Gasteiger partial charge is 0.0260 e. The minimum Gasteiger partial charge on any atom is -0.0871 e. The lowest BCUT2D eigenvalue weighted by Crippen LogP contribution is -1.70. The van der Waals surface area contributed by atoms with Crippen molar-refractivity contribution in [1.29, 1.82) is 0 Å². The van der Waals surface area contributed by atoms with Gasteiger partial charge in [-0.15, -0.1) is 0 Å². The van der Waals surface area contributed by atoms with Crippen molar-refractivity contribution in [3.63, 3.8) is 0 Å². The quantitative estimate of drug-likeness (QED) is 0.637. The molecule has 2 aromatic carbocycles. The van der Waals surface area contributed by atoms with Gasteiger partial charge in [0, 0.05) is 0 Å². The molecule has 0 saturated carbocycles. The van der Waals surface area contributed by atoms with Gasteiger partial charge in [-0.3, -0.25) is 0 Å². The molecule has 0 saturated heterocycles. The van der Waals surface area contributed by atoms with Crippen molar-refractivity contribution >= 4 is 6.08 Å². The van der Waals surface area contributed by atoms with E-state index in [1.807, 2.05) is 31.2 Å². The third-order valence-corrected chi connectivity index (χ3v) is 2.38. The molecule has 0 atom stereocenters. The van der Waals surface area contributed by atoms with E-state index in [0.717, 1.165) is 0 Å². The first-order valence-corrected chi connectivity index (χ1v) is 5.93. The van der Waals surface area contributed by atoms with Crippen LogP contribution in [0.2, 0.25) is 0 Å². The van der Waals surface area contributed by atoms with Gasteiger partial charge < -0.3 is 0 Å². The van der Waals surface area contributed by atoms with E-state index in [2.05, 4.69) is 56.3 Å². The maximum Gasteiger partial charge on any atom is -0.0260 e. The zero-order valence-electron chi connectivity index (χ0n) is 10.9. The Kier molecular flexibility index (Phi) is 5.81. The van der Waals surface area contributed by atoms with Crippen LogP contribution in [0.3, 0.4) is 0 Å². The molecule has 0 heteroatoms. The van der Waals surface area contributed by atoms with E-state index in [0.29, 0.717) is 0 Å². The van der Waals surface area contributed by atoms with Crippen LogP contribution in [0, 0.1) is 13.8 Å². The molecule has 0 amide bonds. The highest BCUT2D eigenvalue weighted by molar-refractivity contribution is 5.47. The Morgan fingerprint density at radius 3 is 1.59 bits per heavy atom. The standard InChI is InChI=1S/C9H10.C8H10/c1-2-6-9-7-4-3-5-8-9;1-7-3-5-8(2)6-4-7/h2-8H,1H3;3-6H,1-2H3. The van der Waals surface area contributed by atoms with Crippen LogP contribution in [-0.4, -0.2) is 0 Å². The highest BCUT2D eigenvalue weighted by Crippen LogP contribution is 2.00. The summed E-state index contributed by atoms with van der Waals surface area (Å²) in [6.45, 7) is 6.21. The average Bonchev–Trinajstić information content (AvgIpc) is 2.36. The minimum atomic E-state index is 1.26. The number of rotatable bonds is 1. The molecular weight excluding hydrogens is 204 g/mol. The maximum atomic E-state index is 2.12. The normalized spacial score (nSPS) is 9.82. The average molecular weight is 224 g/mol. The van der Waals surface area contributed by atoms with Crippen LogP contribution in [0.4, 0.5) is 0 Å². The molecule has 0 aliphatic heterocycles. The van der Waals surface area contributed by atoms with Gasteiger partial charge in [0.2, 0.25) is 0 Å². The number of hydrogen-bond donors (Lipinski definition) is 0. The van der Waals surface area contributed by atoms with Crippen LogP contribution < -0.4 is 0 Å². The van der Waals surface area contributed by atoms with E-state index >= 15 is 0 Å². The van der Waals surface area contributed by atoms with Crippen molar-refractivity contribution in [2.45, 2.75) is 20.8 Å². The van der Waals surface area contributed by atoms with Gasteiger partial charge in [-0.05, 0) is 26.3 Å². The second kappa shape index (κ2) is 7.45. The van der Waals surface area contributed by atoms with Crippen molar-refractivity contribution in [3.8, 4) is 0 Å². The Morgan fingerprint density at radius 2 is 1.18 bits per heavy atom. The molecule has 0 fully saturated rings. The molecule has 0 bridgehead atoms. The highest BCUT2D eigenvalue weighted by atomic mass is 13.9. The van der Waals surface area contributed by atoms with Crippen LogP contribution in [-0.2, 0) is 0 Å². The monoisotopic (exact) mass is 224 g/mol. The summed E-state index contributed by atoms with van der Waals surface area (Å²) in [5, 5.41) is 0. The van der Waals surface area contributed by atoms with Crippen LogP contribution in [0.15, 0.2) is 60.7 Å². The second-order valence-corrected chi connectivity index (χ2v) is 4.07. The van der Waals surface area contributed by atoms with Crippen molar-refractivity contribution in [2.75, 3.05) is 0 Å². The third-order valence-electron chi connectivity index (χ3n) is 2.38. The van der Waals surface area contributed by atoms with Crippen LogP contribution >= 0.6 is 0 Å². The molecule has 2 aromatic rings. The lowest BCUT2D eigenvalue weighted by atomic mass is 10.2. The van der Waals surface area contributed by atoms with Gasteiger partial charge in [0.1, 0.15) is 0 Å². The lowest BCUT2D eigenvalue weighted by molar-refractivity contribution is 1.40. The molecule has 0 unspecified atom stereocenters. The van der Waals surface area contributed by atoms with Crippen molar-refractivity contribution in [2.24, 2.45) is 0 Å². The summed E-state index contributed by atoms with van der Waals surface area (Å²) >= 11 is 0. The third kappa shape index (κ3) is 5.72. The van der Waals surface area contributed by atoms with Gasteiger partial charge in [-0.1, -0.05) is 77.9 Å². The van der Waals surface area contributed by atoms with Gasteiger partial charge in [0.05, 0.1) is 0 Å². The first kappa shape index (κ1) is 13.2. The zero-order valence-corrected chi connectivity index (χ0v) is 10.9. The van der Waals surface area contributed by atoms with Gasteiger partial charge in [-0.2, -0.15) is 0 Å². The Labute approximate surface area is 105 Å². The topological polar surface area (TPSA) is 0 Å². The minimum absolute atomic E-state index is 1.26. The molecule has 0 nitrogen and oxygen atoms in total. The SMILES string of the molecule is CC=Cc1ccccc1.Cc1ccc(C)cc1. The van der Waals surface area contributed by atoms with Crippen molar-refractivity contribution in [1.82, 2.24) is 0 Å². The Balaban J connectivity index is 0.000000171.